The van der Waals surface area contributed by atoms with E-state index in [1.165, 1.54) is 0 Å². The molecule has 1 fully saturated rings. The molecule has 1 saturated heterocycles. The predicted molar refractivity (Wildman–Crippen MR) is 133 cm³/mol. The Balaban J connectivity index is 1.54. The van der Waals surface area contributed by atoms with Gasteiger partial charge in [0.05, 0.1) is 13.0 Å². The van der Waals surface area contributed by atoms with Crippen LogP contribution in [-0.4, -0.2) is 66.7 Å². The van der Waals surface area contributed by atoms with Gasteiger partial charge in [-0.15, -0.1) is 0 Å². The SMILES string of the molecule is CCOCCOc1ccc(C(=O)NC(=S)N2CCNC(=O)C2CC(=O)OCc2ccccc2)cc1. The molecule has 0 aliphatic carbocycles. The van der Waals surface area contributed by atoms with Gasteiger partial charge in [0.15, 0.2) is 5.11 Å². The standard InChI is InChI=1S/C25H29N3O6S/c1-2-32-14-15-33-20-10-8-19(9-11-20)23(30)27-25(35)28-13-12-26-24(31)21(28)16-22(29)34-17-18-6-4-3-5-7-18/h3-11,21H,2,12-17H2,1H3,(H,26,31)(H,27,30,35). The number of hydrogen-bond acceptors (Lipinski definition) is 7. The van der Waals surface area contributed by atoms with Gasteiger partial charge in [0, 0.05) is 25.3 Å². The lowest BCUT2D eigenvalue weighted by Gasteiger charge is -2.36. The summed E-state index contributed by atoms with van der Waals surface area (Å²) in [6.45, 7) is 4.24. The molecule has 0 spiro atoms. The molecule has 2 aromatic rings. The Morgan fingerprint density at radius 3 is 2.57 bits per heavy atom. The second-order valence-electron chi connectivity index (χ2n) is 7.68. The molecule has 0 saturated carbocycles. The minimum absolute atomic E-state index is 0.0720. The molecule has 0 bridgehead atoms. The van der Waals surface area contributed by atoms with E-state index < -0.39 is 17.9 Å². The molecule has 2 aromatic carbocycles. The molecule has 10 heteroatoms. The van der Waals surface area contributed by atoms with Crippen molar-refractivity contribution in [2.75, 3.05) is 32.9 Å². The molecular weight excluding hydrogens is 470 g/mol. The zero-order chi connectivity index (χ0) is 25.0. The number of ether oxygens (including phenoxy) is 3. The quantitative estimate of drug-likeness (QED) is 0.291. The summed E-state index contributed by atoms with van der Waals surface area (Å²) in [4.78, 5) is 39.1. The molecule has 1 heterocycles. The van der Waals surface area contributed by atoms with Crippen LogP contribution in [0.15, 0.2) is 54.6 Å². The Labute approximate surface area is 209 Å². The van der Waals surface area contributed by atoms with Crippen molar-refractivity contribution in [3.63, 3.8) is 0 Å². The van der Waals surface area contributed by atoms with E-state index in [4.69, 9.17) is 26.4 Å². The van der Waals surface area contributed by atoms with Crippen LogP contribution >= 0.6 is 12.2 Å². The number of thiocarbonyl (C=S) groups is 1. The highest BCUT2D eigenvalue weighted by Crippen LogP contribution is 2.14. The number of benzene rings is 2. The van der Waals surface area contributed by atoms with Crippen LogP contribution in [0.5, 0.6) is 5.75 Å². The minimum Gasteiger partial charge on any atom is -0.491 e. The van der Waals surface area contributed by atoms with E-state index in [0.717, 1.165) is 5.56 Å². The zero-order valence-corrected chi connectivity index (χ0v) is 20.3. The van der Waals surface area contributed by atoms with Crippen LogP contribution in [0.1, 0.15) is 29.3 Å². The second-order valence-corrected chi connectivity index (χ2v) is 8.07. The van der Waals surface area contributed by atoms with Gasteiger partial charge in [0.1, 0.15) is 25.0 Å². The van der Waals surface area contributed by atoms with Crippen molar-refractivity contribution in [1.29, 1.82) is 0 Å². The molecule has 186 valence electrons. The van der Waals surface area contributed by atoms with Crippen LogP contribution in [0.4, 0.5) is 0 Å². The van der Waals surface area contributed by atoms with E-state index in [1.807, 2.05) is 37.3 Å². The first kappa shape index (κ1) is 26.1. The van der Waals surface area contributed by atoms with Gasteiger partial charge < -0.3 is 24.4 Å². The third-order valence-electron chi connectivity index (χ3n) is 5.23. The number of nitrogens with zero attached hydrogens (tertiary/aromatic N) is 1. The highest BCUT2D eigenvalue weighted by atomic mass is 32.1. The Kier molecular flexibility index (Phi) is 10.00. The van der Waals surface area contributed by atoms with Crippen LogP contribution in [0.2, 0.25) is 0 Å². The maximum absolute atomic E-state index is 12.7. The van der Waals surface area contributed by atoms with Gasteiger partial charge in [-0.1, -0.05) is 30.3 Å². The van der Waals surface area contributed by atoms with E-state index in [2.05, 4.69) is 10.6 Å². The summed E-state index contributed by atoms with van der Waals surface area (Å²) in [6.07, 6.45) is -0.192. The first-order valence-corrected chi connectivity index (χ1v) is 11.8. The molecule has 1 aliphatic rings. The van der Waals surface area contributed by atoms with Gasteiger partial charge >= 0.3 is 5.97 Å². The molecule has 2 amide bonds. The van der Waals surface area contributed by atoms with Crippen molar-refractivity contribution < 1.29 is 28.6 Å². The number of piperazine rings is 1. The number of rotatable bonds is 10. The van der Waals surface area contributed by atoms with Gasteiger partial charge in [0.2, 0.25) is 5.91 Å². The third-order valence-corrected chi connectivity index (χ3v) is 5.57. The van der Waals surface area contributed by atoms with Gasteiger partial charge in [-0.25, -0.2) is 0 Å². The highest BCUT2D eigenvalue weighted by molar-refractivity contribution is 7.80. The van der Waals surface area contributed by atoms with Gasteiger partial charge in [-0.3, -0.25) is 19.7 Å². The second kappa shape index (κ2) is 13.4. The van der Waals surface area contributed by atoms with Gasteiger partial charge in [-0.05, 0) is 49.0 Å². The molecule has 1 aliphatic heterocycles. The Morgan fingerprint density at radius 2 is 1.86 bits per heavy atom. The summed E-state index contributed by atoms with van der Waals surface area (Å²) in [5.74, 6) is -0.689. The molecule has 3 rings (SSSR count). The summed E-state index contributed by atoms with van der Waals surface area (Å²) >= 11 is 5.41. The Morgan fingerprint density at radius 1 is 1.11 bits per heavy atom. The average Bonchev–Trinajstić information content (AvgIpc) is 2.87. The third kappa shape index (κ3) is 8.04. The van der Waals surface area contributed by atoms with Crippen molar-refractivity contribution in [2.24, 2.45) is 0 Å². The topological polar surface area (TPSA) is 106 Å². The van der Waals surface area contributed by atoms with E-state index >= 15 is 0 Å². The first-order valence-electron chi connectivity index (χ1n) is 11.4. The van der Waals surface area contributed by atoms with E-state index in [0.29, 0.717) is 44.2 Å². The number of amides is 2. The molecule has 9 nitrogen and oxygen atoms in total. The molecule has 0 radical (unpaired) electrons. The fraction of sp³-hybridized carbons (Fsp3) is 0.360. The zero-order valence-electron chi connectivity index (χ0n) is 19.5. The first-order chi connectivity index (χ1) is 17.0. The molecule has 1 atom stereocenters. The number of carbonyl (C=O) groups excluding carboxylic acids is 3. The van der Waals surface area contributed by atoms with Crippen molar-refractivity contribution >= 4 is 35.1 Å². The van der Waals surface area contributed by atoms with Gasteiger partial charge in [-0.2, -0.15) is 0 Å². The van der Waals surface area contributed by atoms with Crippen molar-refractivity contribution in [3.05, 3.63) is 65.7 Å². The number of hydrogen-bond donors (Lipinski definition) is 2. The summed E-state index contributed by atoms with van der Waals surface area (Å²) in [6, 6.07) is 15.0. The number of nitrogens with one attached hydrogen (secondary N) is 2. The van der Waals surface area contributed by atoms with E-state index in [9.17, 15) is 14.4 Å². The summed E-state index contributed by atoms with van der Waals surface area (Å²) < 4.78 is 16.1. The van der Waals surface area contributed by atoms with Crippen LogP contribution in [0.25, 0.3) is 0 Å². The van der Waals surface area contributed by atoms with Crippen molar-refractivity contribution in [3.8, 4) is 5.75 Å². The average molecular weight is 500 g/mol. The van der Waals surface area contributed by atoms with Gasteiger partial charge in [0.25, 0.3) is 5.91 Å². The van der Waals surface area contributed by atoms with E-state index in [1.54, 1.807) is 29.2 Å². The highest BCUT2D eigenvalue weighted by Gasteiger charge is 2.34. The molecule has 2 N–H and O–H groups in total. The normalized spacial score (nSPS) is 15.2. The lowest BCUT2D eigenvalue weighted by atomic mass is 10.1. The summed E-state index contributed by atoms with van der Waals surface area (Å²) in [7, 11) is 0. The molecular formula is C25H29N3O6S. The number of carbonyl (C=O) groups is 3. The summed E-state index contributed by atoms with van der Waals surface area (Å²) in [5.41, 5.74) is 1.23. The van der Waals surface area contributed by atoms with Crippen LogP contribution in [0, 0.1) is 0 Å². The Hall–Kier alpha value is -3.50. The monoisotopic (exact) mass is 499 g/mol. The lowest BCUT2D eigenvalue weighted by molar-refractivity contribution is -0.148. The summed E-state index contributed by atoms with van der Waals surface area (Å²) in [5, 5.41) is 5.45. The van der Waals surface area contributed by atoms with E-state index in [-0.39, 0.29) is 24.0 Å². The maximum Gasteiger partial charge on any atom is 0.308 e. The largest absolute Gasteiger partial charge is 0.491 e. The van der Waals surface area contributed by atoms with Crippen LogP contribution in [-0.2, 0) is 25.7 Å². The van der Waals surface area contributed by atoms with Crippen LogP contribution < -0.4 is 15.4 Å². The van der Waals surface area contributed by atoms with Crippen molar-refractivity contribution in [2.45, 2.75) is 26.0 Å². The lowest BCUT2D eigenvalue weighted by Crippen LogP contribution is -2.60. The smallest absolute Gasteiger partial charge is 0.308 e. The fourth-order valence-corrected chi connectivity index (χ4v) is 3.73. The molecule has 35 heavy (non-hydrogen) atoms. The Bertz CT molecular complexity index is 1020. The predicted octanol–water partition coefficient (Wildman–Crippen LogP) is 2.05. The molecule has 0 aromatic heterocycles. The van der Waals surface area contributed by atoms with Crippen LogP contribution in [0.3, 0.4) is 0 Å². The maximum atomic E-state index is 12.7. The molecule has 1 unspecified atom stereocenters. The van der Waals surface area contributed by atoms with Crippen molar-refractivity contribution in [1.82, 2.24) is 15.5 Å². The fourth-order valence-electron chi connectivity index (χ4n) is 3.42. The number of esters is 1. The minimum atomic E-state index is -0.874.